The topological polar surface area (TPSA) is 57.0 Å². The van der Waals surface area contributed by atoms with Crippen LogP contribution in [0.3, 0.4) is 0 Å². The number of benzene rings is 1. The van der Waals surface area contributed by atoms with E-state index in [1.807, 2.05) is 42.5 Å². The quantitative estimate of drug-likeness (QED) is 0.465. The first-order valence-corrected chi connectivity index (χ1v) is 8.86. The lowest BCUT2D eigenvalue weighted by Crippen LogP contribution is -2.09. The van der Waals surface area contributed by atoms with Crippen molar-refractivity contribution < 1.29 is 9.53 Å². The van der Waals surface area contributed by atoms with E-state index in [2.05, 4.69) is 10.1 Å². The van der Waals surface area contributed by atoms with Crippen LogP contribution >= 0.6 is 11.6 Å². The van der Waals surface area contributed by atoms with Crippen molar-refractivity contribution in [3.05, 3.63) is 82.4 Å². The molecule has 0 fully saturated rings. The lowest BCUT2D eigenvalue weighted by atomic mass is 10.1. The highest BCUT2D eigenvalue weighted by Gasteiger charge is 2.21. The second-order valence-corrected chi connectivity index (χ2v) is 6.35. The largest absolute Gasteiger partial charge is 0.462 e. The van der Waals surface area contributed by atoms with Gasteiger partial charge in [-0.05, 0) is 43.0 Å². The zero-order valence-electron chi connectivity index (χ0n) is 14.6. The van der Waals surface area contributed by atoms with Gasteiger partial charge in [0.15, 0.2) is 0 Å². The van der Waals surface area contributed by atoms with Crippen molar-refractivity contribution in [1.29, 1.82) is 0 Å². The van der Waals surface area contributed by atoms with Gasteiger partial charge in [-0.1, -0.05) is 41.9 Å². The molecule has 0 N–H and O–H groups in total. The second kappa shape index (κ2) is 8.63. The summed E-state index contributed by atoms with van der Waals surface area (Å²) in [6.45, 7) is 2.61. The molecule has 0 radical (unpaired) electrons. The van der Waals surface area contributed by atoms with Gasteiger partial charge in [0.2, 0.25) is 0 Å². The molecule has 0 spiro atoms. The highest BCUT2D eigenvalue weighted by Crippen LogP contribution is 2.22. The van der Waals surface area contributed by atoms with Crippen molar-refractivity contribution in [2.45, 2.75) is 26.3 Å². The Hall–Kier alpha value is -2.66. The van der Waals surface area contributed by atoms with Crippen LogP contribution in [-0.2, 0) is 17.7 Å². The standard InChI is InChI=1S/C20H20ClN3O2/c1-15-18(19(21)24(23-15)14-17-6-3-2-4-7-17)20(25)26-13-5-8-16-9-11-22-12-10-16/h2-4,6-7,9-12H,5,8,13-14H2,1H3. The van der Waals surface area contributed by atoms with Crippen molar-refractivity contribution in [2.24, 2.45) is 0 Å². The molecule has 0 aliphatic rings. The van der Waals surface area contributed by atoms with E-state index in [1.54, 1.807) is 24.0 Å². The predicted octanol–water partition coefficient (Wildman–Crippen LogP) is 4.08. The molecule has 26 heavy (non-hydrogen) atoms. The summed E-state index contributed by atoms with van der Waals surface area (Å²) in [4.78, 5) is 16.4. The Bertz CT molecular complexity index is 864. The van der Waals surface area contributed by atoms with Crippen LogP contribution in [0.4, 0.5) is 0 Å². The van der Waals surface area contributed by atoms with Crippen molar-refractivity contribution in [2.75, 3.05) is 6.61 Å². The first-order chi connectivity index (χ1) is 12.6. The Morgan fingerprint density at radius 1 is 1.12 bits per heavy atom. The number of ether oxygens (including phenoxy) is 1. The summed E-state index contributed by atoms with van der Waals surface area (Å²) in [6, 6.07) is 13.8. The van der Waals surface area contributed by atoms with Crippen LogP contribution in [0, 0.1) is 6.92 Å². The minimum absolute atomic E-state index is 0.311. The lowest BCUT2D eigenvalue weighted by molar-refractivity contribution is 0.0500. The molecule has 2 heterocycles. The van der Waals surface area contributed by atoms with E-state index in [9.17, 15) is 4.79 Å². The number of hydrogen-bond donors (Lipinski definition) is 0. The summed E-state index contributed by atoms with van der Waals surface area (Å²) in [6.07, 6.45) is 5.08. The Kier molecular flexibility index (Phi) is 6.02. The van der Waals surface area contributed by atoms with Crippen molar-refractivity contribution >= 4 is 17.6 Å². The summed E-state index contributed by atoms with van der Waals surface area (Å²) in [7, 11) is 0. The highest BCUT2D eigenvalue weighted by molar-refractivity contribution is 6.32. The van der Waals surface area contributed by atoms with Gasteiger partial charge in [-0.25, -0.2) is 9.48 Å². The number of nitrogens with zero attached hydrogens (tertiary/aromatic N) is 3. The third kappa shape index (κ3) is 4.49. The number of aromatic nitrogens is 3. The van der Waals surface area contributed by atoms with E-state index in [-0.39, 0.29) is 0 Å². The average Bonchev–Trinajstić information content (AvgIpc) is 2.94. The maximum Gasteiger partial charge on any atom is 0.343 e. The molecule has 3 aromatic rings. The monoisotopic (exact) mass is 369 g/mol. The molecular weight excluding hydrogens is 350 g/mol. The van der Waals surface area contributed by atoms with Crippen LogP contribution in [0.2, 0.25) is 5.15 Å². The van der Waals surface area contributed by atoms with Gasteiger partial charge in [-0.15, -0.1) is 0 Å². The number of aryl methyl sites for hydroxylation is 2. The summed E-state index contributed by atoms with van der Waals surface area (Å²) < 4.78 is 7.01. The molecule has 3 rings (SSSR count). The summed E-state index contributed by atoms with van der Waals surface area (Å²) >= 11 is 6.38. The van der Waals surface area contributed by atoms with Crippen LogP contribution in [0.1, 0.15) is 33.6 Å². The maximum absolute atomic E-state index is 12.4. The Labute approximate surface area is 157 Å². The molecular formula is C20H20ClN3O2. The fraction of sp³-hybridized carbons (Fsp3) is 0.250. The number of pyridine rings is 1. The number of carbonyl (C=O) groups is 1. The van der Waals surface area contributed by atoms with Crippen LogP contribution in [0.15, 0.2) is 54.9 Å². The third-order valence-electron chi connectivity index (χ3n) is 4.04. The van der Waals surface area contributed by atoms with Gasteiger partial charge in [0.25, 0.3) is 0 Å². The van der Waals surface area contributed by atoms with E-state index >= 15 is 0 Å². The third-order valence-corrected chi connectivity index (χ3v) is 4.42. The summed E-state index contributed by atoms with van der Waals surface area (Å²) in [5, 5.41) is 4.69. The van der Waals surface area contributed by atoms with E-state index in [0.29, 0.717) is 29.6 Å². The van der Waals surface area contributed by atoms with E-state index in [4.69, 9.17) is 16.3 Å². The van der Waals surface area contributed by atoms with Crippen LogP contribution in [0.25, 0.3) is 0 Å². The Morgan fingerprint density at radius 3 is 2.58 bits per heavy atom. The van der Waals surface area contributed by atoms with Gasteiger partial charge in [0.05, 0.1) is 18.8 Å². The van der Waals surface area contributed by atoms with E-state index in [0.717, 1.165) is 18.4 Å². The van der Waals surface area contributed by atoms with Gasteiger partial charge in [-0.3, -0.25) is 4.98 Å². The Morgan fingerprint density at radius 2 is 1.85 bits per heavy atom. The highest BCUT2D eigenvalue weighted by atomic mass is 35.5. The van der Waals surface area contributed by atoms with Crippen molar-refractivity contribution in [3.8, 4) is 0 Å². The zero-order valence-corrected chi connectivity index (χ0v) is 15.3. The van der Waals surface area contributed by atoms with Gasteiger partial charge in [-0.2, -0.15) is 5.10 Å². The molecule has 0 bridgehead atoms. The zero-order chi connectivity index (χ0) is 18.4. The molecule has 0 aliphatic heterocycles. The van der Waals surface area contributed by atoms with Gasteiger partial charge in [0, 0.05) is 12.4 Å². The summed E-state index contributed by atoms with van der Waals surface area (Å²) in [5.74, 6) is -0.429. The Balaban J connectivity index is 1.59. The van der Waals surface area contributed by atoms with E-state index < -0.39 is 5.97 Å². The minimum atomic E-state index is -0.429. The van der Waals surface area contributed by atoms with Gasteiger partial charge >= 0.3 is 5.97 Å². The van der Waals surface area contributed by atoms with Crippen LogP contribution in [-0.4, -0.2) is 27.3 Å². The van der Waals surface area contributed by atoms with Crippen molar-refractivity contribution in [3.63, 3.8) is 0 Å². The molecule has 0 amide bonds. The molecule has 0 unspecified atom stereocenters. The molecule has 1 aromatic carbocycles. The van der Waals surface area contributed by atoms with Crippen LogP contribution in [0.5, 0.6) is 0 Å². The predicted molar refractivity (Wildman–Crippen MR) is 100 cm³/mol. The first kappa shape index (κ1) is 18.1. The molecule has 0 aliphatic carbocycles. The number of esters is 1. The van der Waals surface area contributed by atoms with Gasteiger partial charge < -0.3 is 4.74 Å². The maximum atomic E-state index is 12.4. The summed E-state index contributed by atoms with van der Waals surface area (Å²) in [5.41, 5.74) is 3.15. The molecule has 0 saturated heterocycles. The number of carbonyl (C=O) groups excluding carboxylic acids is 1. The second-order valence-electron chi connectivity index (χ2n) is 5.99. The molecule has 0 saturated carbocycles. The van der Waals surface area contributed by atoms with Gasteiger partial charge in [0.1, 0.15) is 10.7 Å². The average molecular weight is 370 g/mol. The normalized spacial score (nSPS) is 10.7. The first-order valence-electron chi connectivity index (χ1n) is 8.48. The fourth-order valence-electron chi connectivity index (χ4n) is 2.71. The molecule has 2 aromatic heterocycles. The smallest absolute Gasteiger partial charge is 0.343 e. The molecule has 134 valence electrons. The lowest BCUT2D eigenvalue weighted by Gasteiger charge is -2.06. The number of rotatable bonds is 7. The molecule has 6 heteroatoms. The minimum Gasteiger partial charge on any atom is -0.462 e. The SMILES string of the molecule is Cc1nn(Cc2ccccc2)c(Cl)c1C(=O)OCCCc1ccncc1. The number of hydrogen-bond acceptors (Lipinski definition) is 4. The van der Waals surface area contributed by atoms with Crippen molar-refractivity contribution in [1.82, 2.24) is 14.8 Å². The molecule has 5 nitrogen and oxygen atoms in total. The fourth-order valence-corrected chi connectivity index (χ4v) is 3.02. The van der Waals surface area contributed by atoms with E-state index in [1.165, 1.54) is 5.56 Å². The van der Waals surface area contributed by atoms with Crippen LogP contribution < -0.4 is 0 Å². The number of halogens is 1. The molecule has 0 atom stereocenters.